The zero-order valence-corrected chi connectivity index (χ0v) is 87.2. The molecule has 136 heavy (non-hydrogen) atoms. The van der Waals surface area contributed by atoms with Crippen molar-refractivity contribution in [3.8, 4) is 0 Å². The number of unbranched alkanes of at least 4 members (excludes halogenated alkanes) is 1. The average molecular weight is 2020 g/mol. The van der Waals surface area contributed by atoms with Crippen LogP contribution in [-0.2, 0) is 100 Å². The summed E-state index contributed by atoms with van der Waals surface area (Å²) in [5.41, 5.74) is -5.85. The number of rotatable bonds is 26. The maximum Gasteiger partial charge on any atom is 0.329 e. The molecule has 18 aliphatic rings. The van der Waals surface area contributed by atoms with Gasteiger partial charge in [0.1, 0.15) is 112 Å². The van der Waals surface area contributed by atoms with Crippen LogP contribution in [0.5, 0.6) is 0 Å². The summed E-state index contributed by atoms with van der Waals surface area (Å²) in [6.45, 7) is 30.0. The van der Waals surface area contributed by atoms with Crippen molar-refractivity contribution < 1.29 is 131 Å². The first-order chi connectivity index (χ1) is 64.4. The summed E-state index contributed by atoms with van der Waals surface area (Å²) in [5.74, 6) is 0.00679. The Morgan fingerprint density at radius 3 is 0.949 bits per heavy atom. The molecule has 1 aromatic carbocycles. The fourth-order valence-electron chi connectivity index (χ4n) is 27.4. The van der Waals surface area contributed by atoms with E-state index in [0.29, 0.717) is 59.9 Å². The van der Waals surface area contributed by atoms with E-state index in [1.54, 1.807) is 67.8 Å². The zero-order valence-electron chi connectivity index (χ0n) is 82.3. The van der Waals surface area contributed by atoms with Gasteiger partial charge in [0.2, 0.25) is 5.91 Å². The van der Waals surface area contributed by atoms with Crippen LogP contribution in [0.4, 0.5) is 0 Å². The zero-order chi connectivity index (χ0) is 98.7. The molecule has 0 aromatic heterocycles. The van der Waals surface area contributed by atoms with Gasteiger partial charge in [-0.1, -0.05) is 108 Å². The van der Waals surface area contributed by atoms with Crippen LogP contribution in [0.15, 0.2) is 35.2 Å². The number of hydrogen-bond acceptors (Lipinski definition) is 33. The lowest BCUT2D eigenvalue weighted by Crippen LogP contribution is -2.56. The highest BCUT2D eigenvalue weighted by Gasteiger charge is 2.75. The standard InChI is InChI=1S/C19H29NO6S.C18H28O5S.C17H26O5S.C17H20O3S.C16H24O5S.C15H24O3S/c1-9(2)16(21)20-12(17(22)25-4)8-27-15-10(3)7-11-5-6-13-19(11,24)14(15)18(23)26-13;1-9(2)22-16(19)11(4)8-24-15-10(3)7-12-5-6-13-18(12,21)14(15)17(20)23-13;1-4-21-15(18)10(3)8-23-14-9(2)7-11-5-6-12-17(11,20)13(14)16(19)22-12;1-10-9-11-7-8-13-17(11,19)14(16(18)20-13)15(10)21-12-5-3-2-4-6-12;1-8-6-10-4-5-11-16(10,19)12(15(18)21-11)13(8)22-7-9(2)14(17)20-3;1-3-4-7-19-13-9(2)8-10-5-6-11-15(10,17)12(13)14(16)18-11/h9-15,24H,5-8H2,1-4H3,(H,20,21);9-15,21H,5-8H2,1-4H3;9-14,20H,4-8H2,1-3H3;2-6,10-11,13-15,19H,7-9H2,1H3;8-13,19H,4-7H2,1-3H3;9-13,17H,3-8H2,1-2H3/t10-,11+,12-,13+,14?,15+,19+;10-,11-,12+,13+,14?,15+,18+;9-,10-,11+,12+,13?,14+,17+;10-,11+,13+,14?,15+,17+;8-,9-,10+,11+,12?,13+,16+;9-,10+,11+,12?,13+,15+/m000000/s1. The molecule has 6 saturated heterocycles. The number of ether oxygens (including phenoxy) is 10. The van der Waals surface area contributed by atoms with Crippen molar-refractivity contribution in [1.82, 2.24) is 5.32 Å². The third-order valence-corrected chi connectivity index (χ3v) is 44.6. The first-order valence-electron chi connectivity index (χ1n) is 50.6. The Morgan fingerprint density at radius 2 is 0.662 bits per heavy atom. The highest BCUT2D eigenvalue weighted by Crippen LogP contribution is 2.65. The second-order valence-electron chi connectivity index (χ2n) is 43.6. The normalized spacial score (nSPS) is 43.0. The predicted octanol–water partition coefficient (Wildman–Crippen LogP) is 12.6. The van der Waals surface area contributed by atoms with Gasteiger partial charge in [0.15, 0.2) is 0 Å². The van der Waals surface area contributed by atoms with E-state index in [1.165, 1.54) is 38.8 Å². The monoisotopic (exact) mass is 2010 g/mol. The van der Waals surface area contributed by atoms with Gasteiger partial charge in [-0.15, -0.1) is 11.8 Å². The van der Waals surface area contributed by atoms with E-state index in [-0.39, 0.29) is 210 Å². The molecule has 34 heteroatoms. The van der Waals surface area contributed by atoms with Crippen LogP contribution >= 0.6 is 70.6 Å². The Morgan fingerprint density at radius 1 is 0.382 bits per heavy atom. The molecule has 1 amide bonds. The predicted molar refractivity (Wildman–Crippen MR) is 517 cm³/mol. The summed E-state index contributed by atoms with van der Waals surface area (Å²) >= 11 is 9.89. The van der Waals surface area contributed by atoms with Crippen LogP contribution in [0.3, 0.4) is 0 Å². The quantitative estimate of drug-likeness (QED) is 0.0257. The highest BCUT2D eigenvalue weighted by molar-refractivity contribution is 8.01. The lowest BCUT2D eigenvalue weighted by Gasteiger charge is -2.44. The largest absolute Gasteiger partial charge is 0.469 e. The number of benzene rings is 1. The summed E-state index contributed by atoms with van der Waals surface area (Å²) < 4.78 is 52.8. The minimum atomic E-state index is -1.09. The number of carbonyl (C=O) groups is 11. The molecule has 6 heterocycles. The Labute approximate surface area is 827 Å². The third-order valence-electron chi connectivity index (χ3n) is 34.3. The van der Waals surface area contributed by atoms with Crippen LogP contribution < -0.4 is 5.32 Å². The van der Waals surface area contributed by atoms with Crippen molar-refractivity contribution in [1.29, 1.82) is 0 Å². The topological polar surface area (TPSA) is 413 Å². The van der Waals surface area contributed by atoms with Crippen LogP contribution in [0.25, 0.3) is 0 Å². The van der Waals surface area contributed by atoms with E-state index < -0.39 is 75.4 Å². The molecular weight excluding hydrogens is 1860 g/mol. The first kappa shape index (κ1) is 107. The van der Waals surface area contributed by atoms with E-state index in [0.717, 1.165) is 120 Å². The molecule has 6 aliphatic heterocycles. The molecule has 12 aliphatic carbocycles. The van der Waals surface area contributed by atoms with Crippen molar-refractivity contribution in [2.45, 2.75) is 351 Å². The van der Waals surface area contributed by atoms with Crippen molar-refractivity contribution in [3.63, 3.8) is 0 Å². The summed E-state index contributed by atoms with van der Waals surface area (Å²) in [7, 11) is 2.67. The van der Waals surface area contributed by atoms with Gasteiger partial charge in [-0.25, -0.2) is 4.79 Å². The van der Waals surface area contributed by atoms with Crippen molar-refractivity contribution in [2.24, 2.45) is 130 Å². The average Bonchev–Trinajstić information content (AvgIpc) is 1.67. The Kier molecular flexibility index (Phi) is 34.4. The number of thioether (sulfide) groups is 6. The Bertz CT molecular complexity index is 4460. The fourth-order valence-corrected chi connectivity index (χ4v) is 36.9. The highest BCUT2D eigenvalue weighted by atomic mass is 32.2. The molecule has 18 fully saturated rings. The number of methoxy groups -OCH3 is 2. The maximum atomic E-state index is 12.5. The molecule has 0 spiro atoms. The number of nitrogens with one attached hydrogen (secondary N) is 1. The molecule has 12 saturated carbocycles. The van der Waals surface area contributed by atoms with Gasteiger partial charge in [0.25, 0.3) is 0 Å². The van der Waals surface area contributed by atoms with Crippen LogP contribution in [0.2, 0.25) is 0 Å². The second kappa shape index (κ2) is 43.7. The Hall–Kier alpha value is -4.75. The van der Waals surface area contributed by atoms with E-state index in [1.807, 2.05) is 64.6 Å². The summed E-state index contributed by atoms with van der Waals surface area (Å²) in [6, 6.07) is 9.37. The van der Waals surface area contributed by atoms with Gasteiger partial charge in [-0.2, -0.15) is 58.8 Å². The molecule has 6 unspecified atom stereocenters. The smallest absolute Gasteiger partial charge is 0.329 e. The lowest BCUT2D eigenvalue weighted by molar-refractivity contribution is -0.151. The van der Waals surface area contributed by atoms with Crippen molar-refractivity contribution >= 4 is 136 Å². The van der Waals surface area contributed by atoms with Gasteiger partial charge in [-0.05, 0) is 232 Å². The Balaban J connectivity index is 0.000000131. The van der Waals surface area contributed by atoms with Crippen LogP contribution in [0.1, 0.15) is 232 Å². The molecule has 0 radical (unpaired) electrons. The van der Waals surface area contributed by atoms with E-state index in [2.05, 4.69) is 65.9 Å². The molecule has 0 bridgehead atoms. The molecule has 28 nitrogen and oxygen atoms in total. The number of amides is 1. The number of hydrogen-bond donors (Lipinski definition) is 7. The van der Waals surface area contributed by atoms with Crippen molar-refractivity contribution in [2.75, 3.05) is 49.6 Å². The number of aliphatic hydroxyl groups is 6. The summed E-state index contributed by atoms with van der Waals surface area (Å²) in [4.78, 5) is 135. The number of carbonyl (C=O) groups excluding carboxylic acids is 11. The SMILES string of the molecule is CC(C)OC(=O)[C@@H](C)CS[C@H]1C2C(=O)O[C@@H]3CC[C@H](C[C@@H]1C)[C@]23O.CCCCS[C@H]1C2C(=O)O[C@@H]3CC[C@H](C[C@@H]1C)[C@]23O.CCOC(=O)[C@@H](C)CS[C@H]1C2C(=O)O[C@@H]3CC[C@H](C[C@@H]1C)[C@]23O.COC(=O)[C@@H](C)CS[C@H]1C2C(=O)O[C@@H]3CC[C@H](C[C@@H]1C)[C@]23O.COC(=O)[C@H](CS[C@H]1C2C(=O)O[C@@H]3CC[C@H](C[C@@H]1C)[C@]23O)NC(=O)C(C)C.C[C@H]1C[C@H]2CC[C@H]3OC(=O)C([C@@H]1Sc1ccccc1)[C@@]23O. The van der Waals surface area contributed by atoms with Crippen molar-refractivity contribution in [3.05, 3.63) is 30.3 Å². The minimum absolute atomic E-state index is 0.00345. The molecule has 19 rings (SSSR count). The number of esters is 10. The second-order valence-corrected chi connectivity index (χ2v) is 51.0. The fraction of sp³-hybridized carbons (Fsp3) is 0.833. The molecule has 1 aromatic rings. The van der Waals surface area contributed by atoms with E-state index in [9.17, 15) is 83.4 Å². The van der Waals surface area contributed by atoms with Gasteiger partial charge in [0, 0.05) is 65.3 Å². The molecular formula is C102H151NO27S6. The van der Waals surface area contributed by atoms with Gasteiger partial charge in [-0.3, -0.25) is 47.9 Å². The van der Waals surface area contributed by atoms with Gasteiger partial charge in [0.05, 0.1) is 44.7 Å². The maximum absolute atomic E-state index is 12.5. The summed E-state index contributed by atoms with van der Waals surface area (Å²) in [5, 5.41) is 70.0. The van der Waals surface area contributed by atoms with Crippen LogP contribution in [0, 0.1) is 130 Å². The molecule has 7 N–H and O–H groups in total. The lowest BCUT2D eigenvalue weighted by atomic mass is 9.66. The first-order valence-corrected chi connectivity index (χ1v) is 56.7. The van der Waals surface area contributed by atoms with E-state index >= 15 is 0 Å². The van der Waals surface area contributed by atoms with Gasteiger partial charge < -0.3 is 83.3 Å². The van der Waals surface area contributed by atoms with Gasteiger partial charge >= 0.3 is 59.7 Å². The summed E-state index contributed by atoms with van der Waals surface area (Å²) in [6.07, 6.45) is 16.3. The minimum Gasteiger partial charge on any atom is -0.469 e. The third kappa shape index (κ3) is 20.1. The molecule has 762 valence electrons. The molecule has 40 atom stereocenters. The van der Waals surface area contributed by atoms with E-state index in [4.69, 9.17) is 47.4 Å². The van der Waals surface area contributed by atoms with Crippen LogP contribution in [-0.4, -0.2) is 260 Å².